The Morgan fingerprint density at radius 2 is 2.00 bits per heavy atom. The molecule has 0 amide bonds. The van der Waals surface area contributed by atoms with E-state index in [9.17, 15) is 13.6 Å². The lowest BCUT2D eigenvalue weighted by Crippen LogP contribution is -2.09. The molecule has 5 heteroatoms. The summed E-state index contributed by atoms with van der Waals surface area (Å²) in [7, 11) is 0. The molecule has 3 nitrogen and oxygen atoms in total. The van der Waals surface area contributed by atoms with Gasteiger partial charge in [0, 0.05) is 11.1 Å². The molecule has 0 fully saturated rings. The highest BCUT2D eigenvalue weighted by Gasteiger charge is 2.22. The summed E-state index contributed by atoms with van der Waals surface area (Å²) >= 11 is 0. The van der Waals surface area contributed by atoms with Crippen LogP contribution in [0.4, 0.5) is 8.78 Å². The molecule has 1 N–H and O–H groups in total. The second kappa shape index (κ2) is 5.26. The van der Waals surface area contributed by atoms with Crippen LogP contribution < -0.4 is 4.74 Å². The van der Waals surface area contributed by atoms with Crippen molar-refractivity contribution in [2.24, 2.45) is 0 Å². The Labute approximate surface area is 125 Å². The van der Waals surface area contributed by atoms with E-state index in [1.807, 2.05) is 0 Å². The van der Waals surface area contributed by atoms with Gasteiger partial charge in [0.15, 0.2) is 11.6 Å². The summed E-state index contributed by atoms with van der Waals surface area (Å²) in [5.74, 6) is -2.53. The minimum Gasteiger partial charge on any atom is -0.489 e. The molecule has 0 aromatic heterocycles. The van der Waals surface area contributed by atoms with E-state index in [0.29, 0.717) is 22.4 Å². The van der Waals surface area contributed by atoms with Gasteiger partial charge in [-0.05, 0) is 48.4 Å². The zero-order valence-electron chi connectivity index (χ0n) is 11.7. The Kier molecular flexibility index (Phi) is 3.41. The summed E-state index contributed by atoms with van der Waals surface area (Å²) in [5.41, 5.74) is 1.65. The summed E-state index contributed by atoms with van der Waals surface area (Å²) < 4.78 is 33.2. The molecule has 2 aromatic rings. The van der Waals surface area contributed by atoms with E-state index in [2.05, 4.69) is 0 Å². The number of hydrogen-bond acceptors (Lipinski definition) is 2. The lowest BCUT2D eigenvalue weighted by molar-refractivity contribution is 0.0697. The third-order valence-electron chi connectivity index (χ3n) is 3.62. The zero-order chi connectivity index (χ0) is 15.9. The zero-order valence-corrected chi connectivity index (χ0v) is 11.7. The first-order valence-corrected chi connectivity index (χ1v) is 6.64. The van der Waals surface area contributed by atoms with Gasteiger partial charge in [0.1, 0.15) is 12.4 Å². The van der Waals surface area contributed by atoms with Crippen molar-refractivity contribution in [3.05, 3.63) is 70.3 Å². The van der Waals surface area contributed by atoms with Gasteiger partial charge < -0.3 is 9.84 Å². The highest BCUT2D eigenvalue weighted by Crippen LogP contribution is 2.37. The Morgan fingerprint density at radius 1 is 1.23 bits per heavy atom. The molecule has 0 atom stereocenters. The van der Waals surface area contributed by atoms with E-state index in [0.717, 1.165) is 6.07 Å². The average molecular weight is 302 g/mol. The molecule has 0 spiro atoms. The number of ether oxygens (including phenoxy) is 1. The molecule has 0 radical (unpaired) electrons. The molecular weight excluding hydrogens is 290 g/mol. The van der Waals surface area contributed by atoms with Crippen LogP contribution in [0.25, 0.3) is 5.57 Å². The number of carbonyl (C=O) groups is 1. The molecule has 3 rings (SSSR count). The van der Waals surface area contributed by atoms with Crippen molar-refractivity contribution >= 4 is 11.5 Å². The van der Waals surface area contributed by atoms with Crippen LogP contribution in [0.1, 0.15) is 27.0 Å². The van der Waals surface area contributed by atoms with E-state index >= 15 is 0 Å². The fourth-order valence-electron chi connectivity index (χ4n) is 2.54. The minimum atomic E-state index is -1.09. The maximum absolute atomic E-state index is 14.2. The largest absolute Gasteiger partial charge is 0.489 e. The predicted octanol–water partition coefficient (Wildman–Crippen LogP) is 3.80. The average Bonchev–Trinajstić information content (AvgIpc) is 2.51. The van der Waals surface area contributed by atoms with Gasteiger partial charge in [0.05, 0.1) is 5.56 Å². The van der Waals surface area contributed by atoms with Gasteiger partial charge in [0.2, 0.25) is 0 Å². The van der Waals surface area contributed by atoms with Crippen LogP contribution in [-0.4, -0.2) is 17.7 Å². The number of aromatic carboxylic acids is 1. The summed E-state index contributed by atoms with van der Waals surface area (Å²) in [4.78, 5) is 11.1. The summed E-state index contributed by atoms with van der Waals surface area (Å²) in [6.07, 6.45) is 1.62. The second-order valence-electron chi connectivity index (χ2n) is 5.00. The molecule has 0 unspecified atom stereocenters. The van der Waals surface area contributed by atoms with Crippen molar-refractivity contribution in [1.29, 1.82) is 0 Å². The third kappa shape index (κ3) is 2.24. The van der Waals surface area contributed by atoms with E-state index in [1.54, 1.807) is 13.0 Å². The molecule has 112 valence electrons. The fraction of sp³-hybridized carbons (Fsp3) is 0.118. The Morgan fingerprint density at radius 3 is 2.73 bits per heavy atom. The van der Waals surface area contributed by atoms with Crippen molar-refractivity contribution in [3.8, 4) is 5.75 Å². The lowest BCUT2D eigenvalue weighted by atomic mass is 9.91. The standard InChI is InChI=1S/C17H12F2O3/c1-9-2-4-13(18)16(19)15(9)11-6-7-22-14-5-3-10(17(20)21)8-12(11)14/h2-6,8H,7H2,1H3,(H,20,21). The maximum Gasteiger partial charge on any atom is 0.335 e. The molecule has 1 aliphatic heterocycles. The number of fused-ring (bicyclic) bond motifs is 1. The number of carboxylic acid groups (broad SMARTS) is 1. The Balaban J connectivity index is 2.23. The van der Waals surface area contributed by atoms with Crippen LogP contribution in [0.15, 0.2) is 36.4 Å². The van der Waals surface area contributed by atoms with Crippen LogP contribution in [0, 0.1) is 18.6 Å². The first-order valence-electron chi connectivity index (χ1n) is 6.64. The molecule has 1 heterocycles. The normalized spacial score (nSPS) is 13.1. The monoisotopic (exact) mass is 302 g/mol. The van der Waals surface area contributed by atoms with Crippen molar-refractivity contribution in [2.45, 2.75) is 6.92 Å². The first-order chi connectivity index (χ1) is 10.5. The van der Waals surface area contributed by atoms with E-state index in [1.165, 1.54) is 24.3 Å². The van der Waals surface area contributed by atoms with Crippen molar-refractivity contribution in [2.75, 3.05) is 6.61 Å². The van der Waals surface area contributed by atoms with E-state index < -0.39 is 17.6 Å². The molecule has 0 aliphatic carbocycles. The van der Waals surface area contributed by atoms with Crippen LogP contribution in [-0.2, 0) is 0 Å². The Hall–Kier alpha value is -2.69. The SMILES string of the molecule is Cc1ccc(F)c(F)c1C1=CCOc2ccc(C(=O)O)cc21. The van der Waals surface area contributed by atoms with Gasteiger partial charge in [-0.1, -0.05) is 6.07 Å². The topological polar surface area (TPSA) is 46.5 Å². The van der Waals surface area contributed by atoms with Crippen LogP contribution in [0.3, 0.4) is 0 Å². The molecular formula is C17H12F2O3. The number of rotatable bonds is 2. The summed E-state index contributed by atoms with van der Waals surface area (Å²) in [6, 6.07) is 6.91. The number of benzene rings is 2. The van der Waals surface area contributed by atoms with Crippen LogP contribution >= 0.6 is 0 Å². The van der Waals surface area contributed by atoms with E-state index in [4.69, 9.17) is 9.84 Å². The van der Waals surface area contributed by atoms with Gasteiger partial charge in [-0.2, -0.15) is 0 Å². The highest BCUT2D eigenvalue weighted by atomic mass is 19.2. The summed E-state index contributed by atoms with van der Waals surface area (Å²) in [6.45, 7) is 1.89. The van der Waals surface area contributed by atoms with Gasteiger partial charge in [-0.25, -0.2) is 13.6 Å². The third-order valence-corrected chi connectivity index (χ3v) is 3.62. The van der Waals surface area contributed by atoms with Gasteiger partial charge in [-0.15, -0.1) is 0 Å². The minimum absolute atomic E-state index is 0.0598. The number of carboxylic acids is 1. The number of hydrogen-bond donors (Lipinski definition) is 1. The lowest BCUT2D eigenvalue weighted by Gasteiger charge is -2.21. The second-order valence-corrected chi connectivity index (χ2v) is 5.00. The number of aryl methyl sites for hydroxylation is 1. The Bertz CT molecular complexity index is 810. The highest BCUT2D eigenvalue weighted by molar-refractivity contribution is 5.92. The van der Waals surface area contributed by atoms with Gasteiger partial charge in [-0.3, -0.25) is 0 Å². The molecule has 22 heavy (non-hydrogen) atoms. The van der Waals surface area contributed by atoms with Gasteiger partial charge >= 0.3 is 5.97 Å². The molecule has 1 aliphatic rings. The van der Waals surface area contributed by atoms with Crippen molar-refractivity contribution in [1.82, 2.24) is 0 Å². The van der Waals surface area contributed by atoms with Crippen molar-refractivity contribution in [3.63, 3.8) is 0 Å². The molecule has 0 saturated carbocycles. The van der Waals surface area contributed by atoms with E-state index in [-0.39, 0.29) is 17.7 Å². The quantitative estimate of drug-likeness (QED) is 0.918. The predicted molar refractivity (Wildman–Crippen MR) is 77.1 cm³/mol. The van der Waals surface area contributed by atoms with Crippen LogP contribution in [0.2, 0.25) is 0 Å². The van der Waals surface area contributed by atoms with Crippen LogP contribution in [0.5, 0.6) is 5.75 Å². The fourth-order valence-corrected chi connectivity index (χ4v) is 2.54. The molecule has 0 bridgehead atoms. The van der Waals surface area contributed by atoms with Crippen molar-refractivity contribution < 1.29 is 23.4 Å². The maximum atomic E-state index is 14.2. The number of halogens is 2. The first kappa shape index (κ1) is 14.3. The van der Waals surface area contributed by atoms with Gasteiger partial charge in [0.25, 0.3) is 0 Å². The summed E-state index contributed by atoms with van der Waals surface area (Å²) in [5, 5.41) is 9.10. The molecule has 2 aromatic carbocycles. The smallest absolute Gasteiger partial charge is 0.335 e. The molecule has 0 saturated heterocycles.